The molecule has 2 aliphatic heterocycles. The van der Waals surface area contributed by atoms with Gasteiger partial charge in [-0.15, -0.1) is 0 Å². The highest BCUT2D eigenvalue weighted by atomic mass is 16.1. The van der Waals surface area contributed by atoms with Crippen LogP contribution in [0, 0.1) is 10.4 Å². The fourth-order valence-electron chi connectivity index (χ4n) is 2.52. The number of hydrogen-bond acceptors (Lipinski definition) is 6. The summed E-state index contributed by atoms with van der Waals surface area (Å²) in [5, 5.41) is 0.533. The molecule has 0 atom stereocenters. The molecule has 0 N–H and O–H groups in total. The Morgan fingerprint density at radius 2 is 0.955 bits per heavy atom. The fraction of sp³-hybridized carbons (Fsp3) is 0. The molecule has 0 amide bonds. The fourth-order valence-corrected chi connectivity index (χ4v) is 2.52. The Labute approximate surface area is 123 Å². The first-order valence-electron chi connectivity index (χ1n) is 6.57. The molecule has 0 radical (unpaired) electrons. The van der Waals surface area contributed by atoms with E-state index in [4.69, 9.17) is 0 Å². The van der Waals surface area contributed by atoms with Gasteiger partial charge >= 0.3 is 0 Å². The number of hydrogen-bond donors (Lipinski definition) is 0. The Hall–Kier alpha value is -3.28. The van der Waals surface area contributed by atoms with Crippen molar-refractivity contribution >= 4 is 0 Å². The Bertz CT molecular complexity index is 1010. The maximum absolute atomic E-state index is 12.3. The standard InChI is InChI=1S/C16H8N4O2/c21-15-11-12(14(20-15)10-3-7-18-8-4-10)16(22)19-13(11)9-1-5-17-6-2-9/h1-8H. The van der Waals surface area contributed by atoms with Gasteiger partial charge in [0.05, 0.1) is 21.8 Å². The Balaban J connectivity index is 2.12. The molecule has 0 saturated heterocycles. The van der Waals surface area contributed by atoms with Crippen LogP contribution < -0.4 is 11.1 Å². The van der Waals surface area contributed by atoms with Gasteiger partial charge in [0.1, 0.15) is 0 Å². The largest absolute Gasteiger partial charge is 0.280 e. The van der Waals surface area contributed by atoms with Crippen molar-refractivity contribution in [3.8, 4) is 22.5 Å². The van der Waals surface area contributed by atoms with Crippen LogP contribution in [0.25, 0.3) is 22.5 Å². The highest BCUT2D eigenvalue weighted by Gasteiger charge is 2.19. The summed E-state index contributed by atoms with van der Waals surface area (Å²) in [4.78, 5) is 40.4. The van der Waals surface area contributed by atoms with Gasteiger partial charge in [-0.05, 0) is 24.3 Å². The Morgan fingerprint density at radius 1 is 0.591 bits per heavy atom. The first-order valence-corrected chi connectivity index (χ1v) is 6.57. The lowest BCUT2D eigenvalue weighted by Crippen LogP contribution is -2.04. The maximum Gasteiger partial charge on any atom is 0.280 e. The zero-order chi connectivity index (χ0) is 15.1. The smallest absolute Gasteiger partial charge is 0.267 e. The molecule has 6 nitrogen and oxygen atoms in total. The molecule has 0 aliphatic carbocycles. The Kier molecular flexibility index (Phi) is 2.62. The second-order valence-electron chi connectivity index (χ2n) is 4.75. The lowest BCUT2D eigenvalue weighted by Gasteiger charge is -1.93. The average Bonchev–Trinajstić information content (AvgIpc) is 3.09. The lowest BCUT2D eigenvalue weighted by molar-refractivity contribution is 1.22. The summed E-state index contributed by atoms with van der Waals surface area (Å²) in [6.45, 7) is 0. The molecule has 104 valence electrons. The van der Waals surface area contributed by atoms with Gasteiger partial charge in [-0.3, -0.25) is 19.6 Å². The van der Waals surface area contributed by atoms with E-state index in [2.05, 4.69) is 19.9 Å². The van der Waals surface area contributed by atoms with Gasteiger partial charge < -0.3 is 0 Å². The monoisotopic (exact) mass is 288 g/mol. The van der Waals surface area contributed by atoms with Crippen molar-refractivity contribution in [2.45, 2.75) is 0 Å². The molecule has 4 heterocycles. The first-order chi connectivity index (χ1) is 10.8. The highest BCUT2D eigenvalue weighted by molar-refractivity contribution is 5.65. The third kappa shape index (κ3) is 1.74. The average molecular weight is 288 g/mol. The molecule has 2 aromatic heterocycles. The molecule has 2 aromatic rings. The van der Waals surface area contributed by atoms with Gasteiger partial charge in [0.2, 0.25) is 0 Å². The Morgan fingerprint density at radius 3 is 1.32 bits per heavy atom. The van der Waals surface area contributed by atoms with Gasteiger partial charge in [-0.1, -0.05) is 0 Å². The topological polar surface area (TPSA) is 85.7 Å². The predicted molar refractivity (Wildman–Crippen MR) is 78.7 cm³/mol. The van der Waals surface area contributed by atoms with E-state index >= 15 is 0 Å². The summed E-state index contributed by atoms with van der Waals surface area (Å²) in [7, 11) is 0. The molecule has 22 heavy (non-hydrogen) atoms. The van der Waals surface area contributed by atoms with Gasteiger partial charge in [-0.25, -0.2) is 9.97 Å². The van der Waals surface area contributed by atoms with E-state index in [1.54, 1.807) is 49.1 Å². The minimum absolute atomic E-state index is 0.267. The third-order valence-corrected chi connectivity index (χ3v) is 3.49. The van der Waals surface area contributed by atoms with Crippen LogP contribution in [0.3, 0.4) is 0 Å². The number of pyridine rings is 2. The molecule has 0 bridgehead atoms. The van der Waals surface area contributed by atoms with Crippen molar-refractivity contribution in [2.75, 3.05) is 0 Å². The van der Waals surface area contributed by atoms with Gasteiger partial charge in [0.25, 0.3) is 11.1 Å². The molecule has 0 fully saturated rings. The van der Waals surface area contributed by atoms with Crippen LogP contribution in [0.1, 0.15) is 0 Å². The van der Waals surface area contributed by atoms with E-state index in [1.165, 1.54) is 0 Å². The normalized spacial score (nSPS) is 11.1. The van der Waals surface area contributed by atoms with Crippen molar-refractivity contribution in [1.82, 2.24) is 19.9 Å². The van der Waals surface area contributed by atoms with E-state index < -0.39 is 11.1 Å². The van der Waals surface area contributed by atoms with E-state index in [0.717, 1.165) is 0 Å². The summed E-state index contributed by atoms with van der Waals surface area (Å²) in [6, 6.07) is 6.83. The molecular weight excluding hydrogens is 280 g/mol. The summed E-state index contributed by atoms with van der Waals surface area (Å²) in [6.07, 6.45) is 6.35. The van der Waals surface area contributed by atoms with Crippen molar-refractivity contribution in [3.05, 3.63) is 80.2 Å². The van der Waals surface area contributed by atoms with Crippen LogP contribution in [0.2, 0.25) is 0 Å². The van der Waals surface area contributed by atoms with E-state index in [9.17, 15) is 9.59 Å². The van der Waals surface area contributed by atoms with Gasteiger partial charge in [0.15, 0.2) is 0 Å². The first kappa shape index (κ1) is 12.5. The molecule has 0 aromatic carbocycles. The third-order valence-electron chi connectivity index (χ3n) is 3.49. The zero-order valence-electron chi connectivity index (χ0n) is 11.2. The summed E-state index contributed by atoms with van der Waals surface area (Å²) in [5.41, 5.74) is 1.19. The van der Waals surface area contributed by atoms with Crippen LogP contribution in [-0.4, -0.2) is 19.9 Å². The van der Waals surface area contributed by atoms with E-state index in [0.29, 0.717) is 22.5 Å². The molecule has 6 heteroatoms. The molecule has 0 spiro atoms. The van der Waals surface area contributed by atoms with Gasteiger partial charge in [0, 0.05) is 35.9 Å². The van der Waals surface area contributed by atoms with Crippen molar-refractivity contribution in [2.24, 2.45) is 0 Å². The number of aromatic nitrogens is 4. The van der Waals surface area contributed by atoms with E-state index in [-0.39, 0.29) is 10.4 Å². The van der Waals surface area contributed by atoms with Crippen LogP contribution in [0.5, 0.6) is 0 Å². The molecular formula is C16H8N4O2. The van der Waals surface area contributed by atoms with Gasteiger partial charge in [-0.2, -0.15) is 0 Å². The number of nitrogens with zero attached hydrogens (tertiary/aromatic N) is 4. The molecule has 2 aliphatic rings. The lowest BCUT2D eigenvalue weighted by atomic mass is 10.1. The van der Waals surface area contributed by atoms with Crippen LogP contribution >= 0.6 is 0 Å². The van der Waals surface area contributed by atoms with Crippen LogP contribution in [0.4, 0.5) is 0 Å². The minimum atomic E-state index is -0.441. The summed E-state index contributed by atoms with van der Waals surface area (Å²) < 4.78 is 0. The highest BCUT2D eigenvalue weighted by Crippen LogP contribution is 2.21. The maximum atomic E-state index is 12.3. The van der Waals surface area contributed by atoms with Crippen LogP contribution in [-0.2, 0) is 0 Å². The quantitative estimate of drug-likeness (QED) is 0.545. The van der Waals surface area contributed by atoms with Crippen molar-refractivity contribution in [3.63, 3.8) is 0 Å². The van der Waals surface area contributed by atoms with Crippen LogP contribution in [0.15, 0.2) is 58.6 Å². The molecule has 0 unspecified atom stereocenters. The second-order valence-corrected chi connectivity index (χ2v) is 4.75. The summed E-state index contributed by atoms with van der Waals surface area (Å²) >= 11 is 0. The number of rotatable bonds is 2. The van der Waals surface area contributed by atoms with Crippen molar-refractivity contribution < 1.29 is 0 Å². The minimum Gasteiger partial charge on any atom is -0.267 e. The molecule has 4 rings (SSSR count). The predicted octanol–water partition coefficient (Wildman–Crippen LogP) is 0.921. The second kappa shape index (κ2) is 4.63. The van der Waals surface area contributed by atoms with Crippen molar-refractivity contribution in [1.29, 1.82) is 0 Å². The zero-order valence-corrected chi connectivity index (χ0v) is 11.2. The summed E-state index contributed by atoms with van der Waals surface area (Å²) in [5.74, 6) is 0. The SMILES string of the molecule is O=c1nc(-c2ccncc2)c2c(=O)nc(-c3ccncc3)c1=2. The molecule has 0 saturated carbocycles. The van der Waals surface area contributed by atoms with E-state index in [1.807, 2.05) is 0 Å².